The van der Waals surface area contributed by atoms with Crippen molar-refractivity contribution >= 4 is 27.4 Å². The molecule has 0 bridgehead atoms. The quantitative estimate of drug-likeness (QED) is 0.683. The molecule has 0 atom stereocenters. The zero-order chi connectivity index (χ0) is 20.0. The summed E-state index contributed by atoms with van der Waals surface area (Å²) < 4.78 is 27.4. The number of hydrogen-bond donors (Lipinski definition) is 2. The zero-order valence-electron chi connectivity index (χ0n) is 15.7. The molecule has 0 spiro atoms. The lowest BCUT2D eigenvalue weighted by atomic mass is 10.1. The minimum absolute atomic E-state index is 0.0591. The molecule has 8 heteroatoms. The van der Waals surface area contributed by atoms with Gasteiger partial charge in [0.2, 0.25) is 0 Å². The summed E-state index contributed by atoms with van der Waals surface area (Å²) in [6.07, 6.45) is 0. The predicted octanol–water partition coefficient (Wildman–Crippen LogP) is 2.57. The molecule has 0 saturated heterocycles. The Morgan fingerprint density at radius 1 is 1.07 bits per heavy atom. The Hall–Kier alpha value is -2.58. The number of nitrogens with zero attached hydrogens (tertiary/aromatic N) is 2. The van der Waals surface area contributed by atoms with Gasteiger partial charge in [-0.1, -0.05) is 18.2 Å². The van der Waals surface area contributed by atoms with Crippen LogP contribution in [-0.2, 0) is 10.0 Å². The van der Waals surface area contributed by atoms with Crippen molar-refractivity contribution in [3.63, 3.8) is 0 Å². The second-order valence-electron chi connectivity index (χ2n) is 6.34. The van der Waals surface area contributed by atoms with Gasteiger partial charge >= 0.3 is 5.97 Å². The summed E-state index contributed by atoms with van der Waals surface area (Å²) in [6, 6.07) is 12.5. The molecule has 2 rings (SSSR count). The van der Waals surface area contributed by atoms with Gasteiger partial charge in [0.05, 0.1) is 16.1 Å². The van der Waals surface area contributed by atoms with Gasteiger partial charge in [0.15, 0.2) is 0 Å². The van der Waals surface area contributed by atoms with Crippen molar-refractivity contribution in [3.05, 3.63) is 54.1 Å². The molecule has 0 heterocycles. The first-order valence-corrected chi connectivity index (χ1v) is 10.1. The Morgan fingerprint density at radius 2 is 1.74 bits per heavy atom. The summed E-state index contributed by atoms with van der Waals surface area (Å²) in [6.45, 7) is 4.03. The summed E-state index contributed by atoms with van der Waals surface area (Å²) in [5.74, 6) is -1.10. The van der Waals surface area contributed by atoms with Crippen LogP contribution in [0.2, 0.25) is 0 Å². The molecule has 0 unspecified atom stereocenters. The van der Waals surface area contributed by atoms with E-state index in [1.165, 1.54) is 18.2 Å². The summed E-state index contributed by atoms with van der Waals surface area (Å²) in [5.41, 5.74) is 0.835. The van der Waals surface area contributed by atoms with Crippen LogP contribution >= 0.6 is 0 Å². The van der Waals surface area contributed by atoms with Crippen LogP contribution in [0.3, 0.4) is 0 Å². The van der Waals surface area contributed by atoms with Gasteiger partial charge in [-0.15, -0.1) is 0 Å². The highest BCUT2D eigenvalue weighted by molar-refractivity contribution is 7.92. The topological polar surface area (TPSA) is 90.0 Å². The molecule has 0 saturated carbocycles. The molecule has 0 amide bonds. The summed E-state index contributed by atoms with van der Waals surface area (Å²) in [4.78, 5) is 15.8. The predicted molar refractivity (Wildman–Crippen MR) is 107 cm³/mol. The lowest BCUT2D eigenvalue weighted by Crippen LogP contribution is -2.32. The minimum atomic E-state index is -3.78. The number of carboxylic acids is 1. The second kappa shape index (κ2) is 8.88. The molecule has 0 fully saturated rings. The highest BCUT2D eigenvalue weighted by atomic mass is 32.2. The molecule has 2 N–H and O–H groups in total. The van der Waals surface area contributed by atoms with Crippen molar-refractivity contribution in [1.29, 1.82) is 0 Å². The van der Waals surface area contributed by atoms with Gasteiger partial charge in [0.1, 0.15) is 0 Å². The van der Waals surface area contributed by atoms with E-state index in [0.717, 1.165) is 6.54 Å². The maximum absolute atomic E-state index is 12.5. The smallest absolute Gasteiger partial charge is 0.337 e. The molecule has 0 radical (unpaired) electrons. The first-order chi connectivity index (χ1) is 12.7. The number of anilines is 2. The molecule has 27 heavy (non-hydrogen) atoms. The third kappa shape index (κ3) is 5.45. The summed E-state index contributed by atoms with van der Waals surface area (Å²) in [7, 11) is 0.124. The Bertz CT molecular complexity index is 883. The SMILES string of the molecule is CCN(CCN(C)C)c1ccc(NS(=O)(=O)c2ccccc2)cc1C(=O)O. The number of benzene rings is 2. The van der Waals surface area contributed by atoms with Crippen molar-refractivity contribution in [2.24, 2.45) is 0 Å². The summed E-state index contributed by atoms with van der Waals surface area (Å²) in [5, 5.41) is 9.61. The number of carbonyl (C=O) groups is 1. The van der Waals surface area contributed by atoms with Crippen molar-refractivity contribution in [2.75, 3.05) is 43.4 Å². The van der Waals surface area contributed by atoms with Gasteiger partial charge in [-0.05, 0) is 51.4 Å². The lowest BCUT2D eigenvalue weighted by Gasteiger charge is -2.26. The first kappa shape index (κ1) is 20.7. The van der Waals surface area contributed by atoms with Gasteiger partial charge in [-0.3, -0.25) is 4.72 Å². The van der Waals surface area contributed by atoms with Crippen molar-refractivity contribution in [1.82, 2.24) is 4.90 Å². The van der Waals surface area contributed by atoms with Crippen LogP contribution in [0.4, 0.5) is 11.4 Å². The van der Waals surface area contributed by atoms with E-state index >= 15 is 0 Å². The highest BCUT2D eigenvalue weighted by Crippen LogP contribution is 2.26. The van der Waals surface area contributed by atoms with Crippen LogP contribution in [-0.4, -0.2) is 58.1 Å². The fourth-order valence-corrected chi connectivity index (χ4v) is 3.70. The lowest BCUT2D eigenvalue weighted by molar-refractivity contribution is 0.0697. The molecule has 2 aromatic rings. The average molecular weight is 391 g/mol. The van der Waals surface area contributed by atoms with Crippen LogP contribution in [0, 0.1) is 0 Å². The van der Waals surface area contributed by atoms with Gasteiger partial charge < -0.3 is 14.9 Å². The van der Waals surface area contributed by atoms with Gasteiger partial charge in [-0.25, -0.2) is 13.2 Å². The number of nitrogens with one attached hydrogen (secondary N) is 1. The minimum Gasteiger partial charge on any atom is -0.478 e. The molecule has 0 aliphatic rings. The van der Waals surface area contributed by atoms with Crippen LogP contribution in [0.1, 0.15) is 17.3 Å². The summed E-state index contributed by atoms with van der Waals surface area (Å²) >= 11 is 0. The standard InChI is InChI=1S/C19H25N3O4S/c1-4-22(13-12-21(2)3)18-11-10-15(14-17(18)19(23)24)20-27(25,26)16-8-6-5-7-9-16/h5-11,14,20H,4,12-13H2,1-3H3,(H,23,24). The fraction of sp³-hybridized carbons (Fsp3) is 0.316. The number of sulfonamides is 1. The Balaban J connectivity index is 2.33. The maximum atomic E-state index is 12.5. The zero-order valence-corrected chi connectivity index (χ0v) is 16.5. The number of rotatable bonds is 9. The normalized spacial score (nSPS) is 11.4. The number of likely N-dealkylation sites (N-methyl/N-ethyl adjacent to an activating group) is 2. The molecule has 7 nitrogen and oxygen atoms in total. The van der Waals surface area contributed by atoms with E-state index < -0.39 is 16.0 Å². The third-order valence-corrected chi connectivity index (χ3v) is 5.47. The van der Waals surface area contributed by atoms with Crippen LogP contribution < -0.4 is 9.62 Å². The largest absolute Gasteiger partial charge is 0.478 e. The first-order valence-electron chi connectivity index (χ1n) is 8.59. The van der Waals surface area contributed by atoms with E-state index in [1.807, 2.05) is 30.8 Å². The molecular weight excluding hydrogens is 366 g/mol. The molecular formula is C19H25N3O4S. The number of aromatic carboxylic acids is 1. The van der Waals surface area contributed by atoms with Crippen molar-refractivity contribution in [3.8, 4) is 0 Å². The molecule has 2 aromatic carbocycles. The van der Waals surface area contributed by atoms with Crippen LogP contribution in [0.5, 0.6) is 0 Å². The van der Waals surface area contributed by atoms with E-state index in [1.54, 1.807) is 30.3 Å². The number of carboxylic acid groups (broad SMARTS) is 1. The fourth-order valence-electron chi connectivity index (χ4n) is 2.63. The van der Waals surface area contributed by atoms with Crippen molar-refractivity contribution in [2.45, 2.75) is 11.8 Å². The van der Waals surface area contributed by atoms with E-state index in [-0.39, 0.29) is 16.1 Å². The van der Waals surface area contributed by atoms with Crippen molar-refractivity contribution < 1.29 is 18.3 Å². The monoisotopic (exact) mass is 391 g/mol. The second-order valence-corrected chi connectivity index (χ2v) is 8.02. The molecule has 0 aromatic heterocycles. The van der Waals surface area contributed by atoms with E-state index in [0.29, 0.717) is 18.8 Å². The van der Waals surface area contributed by atoms with E-state index in [9.17, 15) is 18.3 Å². The Labute approximate surface area is 160 Å². The molecule has 0 aliphatic heterocycles. The Kier molecular flexibility index (Phi) is 6.81. The van der Waals surface area contributed by atoms with Crippen LogP contribution in [0.25, 0.3) is 0 Å². The van der Waals surface area contributed by atoms with Gasteiger partial charge in [0.25, 0.3) is 10.0 Å². The molecule has 146 valence electrons. The number of hydrogen-bond acceptors (Lipinski definition) is 5. The van der Waals surface area contributed by atoms with Gasteiger partial charge in [-0.2, -0.15) is 0 Å². The molecule has 0 aliphatic carbocycles. The average Bonchev–Trinajstić information content (AvgIpc) is 2.63. The highest BCUT2D eigenvalue weighted by Gasteiger charge is 2.19. The van der Waals surface area contributed by atoms with E-state index in [4.69, 9.17) is 0 Å². The van der Waals surface area contributed by atoms with Gasteiger partial charge in [0, 0.05) is 25.3 Å². The van der Waals surface area contributed by atoms with E-state index in [2.05, 4.69) is 4.72 Å². The Morgan fingerprint density at radius 3 is 2.30 bits per heavy atom. The maximum Gasteiger partial charge on any atom is 0.337 e. The third-order valence-electron chi connectivity index (χ3n) is 4.07. The van der Waals surface area contributed by atoms with Crippen LogP contribution in [0.15, 0.2) is 53.4 Å².